The third-order valence-electron chi connectivity index (χ3n) is 4.18. The summed E-state index contributed by atoms with van der Waals surface area (Å²) < 4.78 is 44.2. The average Bonchev–Trinajstić information content (AvgIpc) is 2.76. The fourth-order valence-electron chi connectivity index (χ4n) is 2.37. The number of rotatable bonds is 8. The third-order valence-corrected chi connectivity index (χ3v) is 5.67. The fraction of sp³-hybridized carbons (Fsp3) is 0.227. The van der Waals surface area contributed by atoms with Crippen molar-refractivity contribution in [3.63, 3.8) is 0 Å². The molecule has 0 aliphatic carbocycles. The number of pyridine rings is 1. The number of aromatic nitrogens is 1. The van der Waals surface area contributed by atoms with Gasteiger partial charge in [-0.15, -0.1) is 0 Å². The summed E-state index contributed by atoms with van der Waals surface area (Å²) in [6, 6.07) is 8.14. The number of anilines is 1. The number of halogens is 4. The second kappa shape index (κ2) is 11.2. The lowest BCUT2D eigenvalue weighted by molar-refractivity contribution is -0.137. The van der Waals surface area contributed by atoms with Crippen molar-refractivity contribution in [1.29, 1.82) is 0 Å². The van der Waals surface area contributed by atoms with Crippen molar-refractivity contribution >= 4 is 40.8 Å². The van der Waals surface area contributed by atoms with Crippen molar-refractivity contribution in [3.05, 3.63) is 75.1 Å². The molecule has 1 amide bonds. The van der Waals surface area contributed by atoms with Crippen LogP contribution in [0.2, 0.25) is 5.02 Å². The van der Waals surface area contributed by atoms with Crippen LogP contribution in [0.5, 0.6) is 5.75 Å². The molecule has 0 aliphatic heterocycles. The summed E-state index contributed by atoms with van der Waals surface area (Å²) >= 11 is 6.62. The molecule has 0 unspecified atom stereocenters. The van der Waals surface area contributed by atoms with Crippen molar-refractivity contribution < 1.29 is 22.7 Å². The number of benzene rings is 1. The highest BCUT2D eigenvalue weighted by Crippen LogP contribution is 2.35. The lowest BCUT2D eigenvalue weighted by Gasteiger charge is -2.12. The average molecular weight is 484 g/mol. The van der Waals surface area contributed by atoms with Crippen LogP contribution in [0.25, 0.3) is 0 Å². The molecule has 1 N–H and O–H groups in total. The monoisotopic (exact) mass is 483 g/mol. The third kappa shape index (κ3) is 7.13. The fourth-order valence-corrected chi connectivity index (χ4v) is 3.32. The second-order valence-corrected chi connectivity index (χ2v) is 7.97. The Morgan fingerprint density at radius 1 is 1.34 bits per heavy atom. The first-order valence-electron chi connectivity index (χ1n) is 9.26. The van der Waals surface area contributed by atoms with E-state index < -0.39 is 22.7 Å². The maximum absolute atomic E-state index is 13.0. The van der Waals surface area contributed by atoms with Crippen LogP contribution in [0.3, 0.4) is 0 Å². The van der Waals surface area contributed by atoms with Crippen molar-refractivity contribution in [2.45, 2.75) is 26.6 Å². The standard InChI is InChI=1S/C22H21ClF3N3O2S/c1-5-19(21(30)29-20-10-17(22(24,25)26)18(23)12-28-20)32-14(3)13(2)27-11-15-6-8-16(31-4)9-7-15/h5-10,12H,3,11H2,1-2,4H3,(H,28,29,30)/b19-5-,27-13+. The van der Waals surface area contributed by atoms with Gasteiger partial charge in [-0.3, -0.25) is 9.79 Å². The summed E-state index contributed by atoms with van der Waals surface area (Å²) in [5.41, 5.74) is 0.522. The molecule has 0 bridgehead atoms. The SMILES string of the molecule is C=C(S/C(=C\C)C(=O)Nc1cc(C(F)(F)F)c(Cl)cn1)/C(C)=N/Cc1ccc(OC)cc1. The summed E-state index contributed by atoms with van der Waals surface area (Å²) in [5, 5.41) is 1.81. The molecule has 0 fully saturated rings. The second-order valence-electron chi connectivity index (χ2n) is 6.43. The van der Waals surface area contributed by atoms with E-state index in [2.05, 4.69) is 21.9 Å². The minimum atomic E-state index is -4.66. The van der Waals surface area contributed by atoms with Crippen LogP contribution in [0.1, 0.15) is 25.0 Å². The van der Waals surface area contributed by atoms with Gasteiger partial charge in [-0.2, -0.15) is 13.2 Å². The Hall–Kier alpha value is -2.78. The van der Waals surface area contributed by atoms with Gasteiger partial charge in [0.2, 0.25) is 0 Å². The zero-order valence-electron chi connectivity index (χ0n) is 17.6. The molecule has 2 aromatic rings. The van der Waals surface area contributed by atoms with Crippen molar-refractivity contribution in [3.8, 4) is 5.75 Å². The minimum absolute atomic E-state index is 0.235. The van der Waals surface area contributed by atoms with Gasteiger partial charge in [0, 0.05) is 16.8 Å². The smallest absolute Gasteiger partial charge is 0.418 e. The van der Waals surface area contributed by atoms with E-state index in [1.165, 1.54) is 6.08 Å². The number of alkyl halides is 3. The number of nitrogens with zero attached hydrogens (tertiary/aromatic N) is 2. The lowest BCUT2D eigenvalue weighted by Crippen LogP contribution is -2.15. The Morgan fingerprint density at radius 3 is 2.56 bits per heavy atom. The van der Waals surface area contributed by atoms with E-state index in [1.807, 2.05) is 24.3 Å². The van der Waals surface area contributed by atoms with Gasteiger partial charge in [0.1, 0.15) is 11.6 Å². The number of methoxy groups -OCH3 is 1. The van der Waals surface area contributed by atoms with E-state index >= 15 is 0 Å². The molecule has 1 aromatic heterocycles. The molecule has 0 saturated heterocycles. The topological polar surface area (TPSA) is 63.6 Å². The summed E-state index contributed by atoms with van der Waals surface area (Å²) in [6.07, 6.45) is -2.29. The van der Waals surface area contributed by atoms with Crippen LogP contribution >= 0.6 is 23.4 Å². The molecule has 0 radical (unpaired) electrons. The summed E-state index contributed by atoms with van der Waals surface area (Å²) in [5.74, 6) is -0.137. The van der Waals surface area contributed by atoms with Crippen LogP contribution in [0.4, 0.5) is 19.0 Å². The zero-order chi connectivity index (χ0) is 23.9. The summed E-state index contributed by atoms with van der Waals surface area (Å²) in [4.78, 5) is 21.5. The first-order valence-corrected chi connectivity index (χ1v) is 10.5. The molecule has 1 heterocycles. The maximum Gasteiger partial charge on any atom is 0.418 e. The summed E-state index contributed by atoms with van der Waals surface area (Å²) in [6.45, 7) is 7.76. The molecular weight excluding hydrogens is 463 g/mol. The number of amides is 1. The van der Waals surface area contributed by atoms with Crippen molar-refractivity contribution in [2.75, 3.05) is 12.4 Å². The molecule has 0 spiro atoms. The Kier molecular flexibility index (Phi) is 8.91. The van der Waals surface area contributed by atoms with Gasteiger partial charge >= 0.3 is 6.18 Å². The first-order chi connectivity index (χ1) is 15.0. The number of thioether (sulfide) groups is 1. The number of hydrogen-bond donors (Lipinski definition) is 1. The molecule has 10 heteroatoms. The highest BCUT2D eigenvalue weighted by molar-refractivity contribution is 8.08. The van der Waals surface area contributed by atoms with Crippen LogP contribution in [0, 0.1) is 0 Å². The number of carbonyl (C=O) groups is 1. The number of nitrogens with one attached hydrogen (secondary N) is 1. The lowest BCUT2D eigenvalue weighted by atomic mass is 10.2. The van der Waals surface area contributed by atoms with E-state index in [0.717, 1.165) is 29.3 Å². The van der Waals surface area contributed by atoms with Gasteiger partial charge in [-0.25, -0.2) is 4.98 Å². The number of carbonyl (C=O) groups excluding carboxylic acids is 1. The number of allylic oxidation sites excluding steroid dienone is 2. The van der Waals surface area contributed by atoms with Crippen LogP contribution in [-0.4, -0.2) is 23.7 Å². The van der Waals surface area contributed by atoms with Gasteiger partial charge in [0.15, 0.2) is 0 Å². The van der Waals surface area contributed by atoms with E-state index in [9.17, 15) is 18.0 Å². The molecule has 0 aliphatic rings. The van der Waals surface area contributed by atoms with Crippen molar-refractivity contribution in [1.82, 2.24) is 4.98 Å². The van der Waals surface area contributed by atoms with E-state index in [-0.39, 0.29) is 10.7 Å². The number of ether oxygens (including phenoxy) is 1. The predicted molar refractivity (Wildman–Crippen MR) is 123 cm³/mol. The Balaban J connectivity index is 2.04. The van der Waals surface area contributed by atoms with Crippen molar-refractivity contribution in [2.24, 2.45) is 4.99 Å². The highest BCUT2D eigenvalue weighted by atomic mass is 35.5. The number of aliphatic imine (C=N–C) groups is 1. The predicted octanol–water partition coefficient (Wildman–Crippen LogP) is 6.51. The van der Waals surface area contributed by atoms with Gasteiger partial charge in [-0.1, -0.05) is 48.2 Å². The molecule has 5 nitrogen and oxygen atoms in total. The minimum Gasteiger partial charge on any atom is -0.497 e. The van der Waals surface area contributed by atoms with Crippen LogP contribution in [-0.2, 0) is 17.5 Å². The van der Waals surface area contributed by atoms with Gasteiger partial charge in [-0.05, 0) is 37.6 Å². The number of hydrogen-bond acceptors (Lipinski definition) is 5. The Morgan fingerprint density at radius 2 is 2.00 bits per heavy atom. The Bertz CT molecular complexity index is 1050. The van der Waals surface area contributed by atoms with E-state index in [1.54, 1.807) is 21.0 Å². The van der Waals surface area contributed by atoms with Gasteiger partial charge in [0.05, 0.1) is 29.1 Å². The molecule has 2 rings (SSSR count). The van der Waals surface area contributed by atoms with Gasteiger partial charge < -0.3 is 10.1 Å². The summed E-state index contributed by atoms with van der Waals surface area (Å²) in [7, 11) is 1.59. The quantitative estimate of drug-likeness (QED) is 0.343. The molecule has 170 valence electrons. The van der Waals surface area contributed by atoms with Crippen LogP contribution < -0.4 is 10.1 Å². The van der Waals surface area contributed by atoms with E-state index in [4.69, 9.17) is 16.3 Å². The normalized spacial score (nSPS) is 12.5. The largest absolute Gasteiger partial charge is 0.497 e. The molecular formula is C22H21ClF3N3O2S. The zero-order valence-corrected chi connectivity index (χ0v) is 19.2. The molecule has 32 heavy (non-hydrogen) atoms. The molecule has 1 aromatic carbocycles. The van der Waals surface area contributed by atoms with E-state index in [0.29, 0.717) is 23.2 Å². The highest BCUT2D eigenvalue weighted by Gasteiger charge is 2.34. The Labute approximate surface area is 193 Å². The van der Waals surface area contributed by atoms with Gasteiger partial charge in [0.25, 0.3) is 5.91 Å². The molecule has 0 atom stereocenters. The first kappa shape index (κ1) is 25.5. The van der Waals surface area contributed by atoms with Crippen LogP contribution in [0.15, 0.2) is 64.0 Å². The molecule has 0 saturated carbocycles. The maximum atomic E-state index is 13.0.